The quantitative estimate of drug-likeness (QED) is 0.639. The van der Waals surface area contributed by atoms with Gasteiger partial charge in [-0.05, 0) is 13.0 Å². The summed E-state index contributed by atoms with van der Waals surface area (Å²) in [6.07, 6.45) is 0. The Morgan fingerprint density at radius 1 is 1.50 bits per heavy atom. The molecular weight excluding hydrogens is 234 g/mol. The molecule has 0 saturated carbocycles. The van der Waals surface area contributed by atoms with Crippen molar-refractivity contribution in [1.29, 1.82) is 0 Å². The zero-order chi connectivity index (χ0) is 13.3. The number of benzene rings is 1. The summed E-state index contributed by atoms with van der Waals surface area (Å²) in [6.45, 7) is 3.11. The van der Waals surface area contributed by atoms with Crippen molar-refractivity contribution >= 4 is 11.6 Å². The van der Waals surface area contributed by atoms with Crippen molar-refractivity contribution in [3.8, 4) is 0 Å². The van der Waals surface area contributed by atoms with Crippen LogP contribution in [0.5, 0.6) is 0 Å². The minimum Gasteiger partial charge on any atom is -0.336 e. The number of carbonyl (C=O) groups excluding carboxylic acids is 1. The van der Waals surface area contributed by atoms with E-state index in [2.05, 4.69) is 5.32 Å². The molecule has 1 aromatic rings. The molecule has 96 valence electrons. The average Bonchev–Trinajstić information content (AvgIpc) is 2.24. The molecule has 0 bridgehead atoms. The van der Waals surface area contributed by atoms with Crippen molar-refractivity contribution < 1.29 is 9.72 Å². The van der Waals surface area contributed by atoms with Gasteiger partial charge in [0.25, 0.3) is 11.6 Å². The predicted molar refractivity (Wildman–Crippen MR) is 66.6 cm³/mol. The van der Waals surface area contributed by atoms with Crippen LogP contribution in [0.2, 0.25) is 0 Å². The van der Waals surface area contributed by atoms with Gasteiger partial charge in [-0.3, -0.25) is 14.9 Å². The maximum Gasteiger partial charge on any atom is 0.285 e. The molecule has 1 aromatic carbocycles. The Bertz CT molecular complexity index is 497. The first-order chi connectivity index (χ1) is 8.52. The fourth-order valence-electron chi connectivity index (χ4n) is 1.98. The largest absolute Gasteiger partial charge is 0.336 e. The van der Waals surface area contributed by atoms with Gasteiger partial charge >= 0.3 is 0 Å². The van der Waals surface area contributed by atoms with Crippen LogP contribution in [0.15, 0.2) is 18.2 Å². The normalized spacial score (nSPS) is 15.0. The van der Waals surface area contributed by atoms with Gasteiger partial charge in [0, 0.05) is 25.7 Å². The van der Waals surface area contributed by atoms with E-state index in [-0.39, 0.29) is 23.2 Å². The number of nitro benzene ring substituents is 1. The fraction of sp³-hybridized carbons (Fsp3) is 0.417. The zero-order valence-electron chi connectivity index (χ0n) is 10.3. The topological polar surface area (TPSA) is 75.5 Å². The summed E-state index contributed by atoms with van der Waals surface area (Å²) in [5.74, 6) is -0.295. The summed E-state index contributed by atoms with van der Waals surface area (Å²) in [6, 6.07) is 4.94. The van der Waals surface area contributed by atoms with Gasteiger partial charge in [0.1, 0.15) is 5.56 Å². The molecule has 1 fully saturated rings. The second-order valence-electron chi connectivity index (χ2n) is 4.46. The summed E-state index contributed by atoms with van der Waals surface area (Å²) < 4.78 is 0. The van der Waals surface area contributed by atoms with E-state index in [0.717, 1.165) is 13.1 Å². The van der Waals surface area contributed by atoms with E-state index in [4.69, 9.17) is 0 Å². The lowest BCUT2D eigenvalue weighted by atomic mass is 10.1. The molecule has 0 radical (unpaired) electrons. The van der Waals surface area contributed by atoms with Crippen LogP contribution >= 0.6 is 0 Å². The highest BCUT2D eigenvalue weighted by Crippen LogP contribution is 2.24. The van der Waals surface area contributed by atoms with Crippen LogP contribution in [-0.4, -0.2) is 41.9 Å². The number of nitrogens with zero attached hydrogens (tertiary/aromatic N) is 2. The number of amides is 1. The SMILES string of the molecule is Cc1cccc(C(=O)N(C)C2CNC2)c1[N+](=O)[O-]. The summed E-state index contributed by atoms with van der Waals surface area (Å²) >= 11 is 0. The van der Waals surface area contributed by atoms with Gasteiger partial charge in [-0.2, -0.15) is 0 Å². The van der Waals surface area contributed by atoms with Gasteiger partial charge in [0.05, 0.1) is 11.0 Å². The number of hydrogen-bond acceptors (Lipinski definition) is 4. The second kappa shape index (κ2) is 4.73. The molecule has 1 N–H and O–H groups in total. The third-order valence-corrected chi connectivity index (χ3v) is 3.28. The number of para-hydroxylation sites is 1. The summed E-state index contributed by atoms with van der Waals surface area (Å²) in [5, 5.41) is 14.1. The lowest BCUT2D eigenvalue weighted by Crippen LogP contribution is -2.57. The maximum atomic E-state index is 12.3. The second-order valence-corrected chi connectivity index (χ2v) is 4.46. The Morgan fingerprint density at radius 3 is 2.67 bits per heavy atom. The van der Waals surface area contributed by atoms with Crippen LogP contribution in [0.1, 0.15) is 15.9 Å². The van der Waals surface area contributed by atoms with Crippen molar-refractivity contribution in [2.75, 3.05) is 20.1 Å². The van der Waals surface area contributed by atoms with E-state index in [0.29, 0.717) is 5.56 Å². The first-order valence-corrected chi connectivity index (χ1v) is 5.74. The van der Waals surface area contributed by atoms with Crippen molar-refractivity contribution in [2.24, 2.45) is 0 Å². The number of likely N-dealkylation sites (N-methyl/N-ethyl adjacent to an activating group) is 1. The van der Waals surface area contributed by atoms with Crippen molar-refractivity contribution in [3.63, 3.8) is 0 Å². The maximum absolute atomic E-state index is 12.3. The van der Waals surface area contributed by atoms with Gasteiger partial charge in [-0.1, -0.05) is 12.1 Å². The summed E-state index contributed by atoms with van der Waals surface area (Å²) in [4.78, 5) is 24.4. The van der Waals surface area contributed by atoms with E-state index in [1.54, 1.807) is 31.0 Å². The van der Waals surface area contributed by atoms with E-state index in [1.165, 1.54) is 6.07 Å². The highest BCUT2D eigenvalue weighted by molar-refractivity contribution is 5.98. The Hall–Kier alpha value is -1.95. The van der Waals surface area contributed by atoms with Gasteiger partial charge in [0.2, 0.25) is 0 Å². The molecule has 0 unspecified atom stereocenters. The lowest BCUT2D eigenvalue weighted by molar-refractivity contribution is -0.385. The van der Waals surface area contributed by atoms with Gasteiger partial charge in [-0.15, -0.1) is 0 Å². The van der Waals surface area contributed by atoms with Crippen LogP contribution < -0.4 is 5.32 Å². The molecule has 1 aliphatic rings. The van der Waals surface area contributed by atoms with Crippen molar-refractivity contribution in [3.05, 3.63) is 39.4 Å². The number of hydrogen-bond donors (Lipinski definition) is 1. The minimum absolute atomic E-state index is 0.0957. The van der Waals surface area contributed by atoms with Crippen LogP contribution in [0.25, 0.3) is 0 Å². The number of aryl methyl sites for hydroxylation is 1. The lowest BCUT2D eigenvalue weighted by Gasteiger charge is -2.35. The fourth-order valence-corrected chi connectivity index (χ4v) is 1.98. The van der Waals surface area contributed by atoms with Crippen LogP contribution in [0.3, 0.4) is 0 Å². The molecule has 2 rings (SSSR count). The molecule has 0 aliphatic carbocycles. The summed E-state index contributed by atoms with van der Waals surface area (Å²) in [5.41, 5.74) is 0.571. The van der Waals surface area contributed by atoms with Gasteiger partial charge in [-0.25, -0.2) is 0 Å². The average molecular weight is 249 g/mol. The molecule has 0 atom stereocenters. The monoisotopic (exact) mass is 249 g/mol. The molecular formula is C12H15N3O3. The van der Waals surface area contributed by atoms with Crippen LogP contribution in [0.4, 0.5) is 5.69 Å². The molecule has 1 aliphatic heterocycles. The van der Waals surface area contributed by atoms with E-state index in [1.807, 2.05) is 0 Å². The van der Waals surface area contributed by atoms with Crippen LogP contribution in [-0.2, 0) is 0 Å². The Morgan fingerprint density at radius 2 is 2.17 bits per heavy atom. The number of carbonyl (C=O) groups is 1. The molecule has 6 nitrogen and oxygen atoms in total. The van der Waals surface area contributed by atoms with Crippen molar-refractivity contribution in [2.45, 2.75) is 13.0 Å². The van der Waals surface area contributed by atoms with E-state index >= 15 is 0 Å². The number of nitro groups is 1. The third kappa shape index (κ3) is 2.06. The van der Waals surface area contributed by atoms with Crippen LogP contribution in [0, 0.1) is 17.0 Å². The Kier molecular flexibility index (Phi) is 3.29. The highest BCUT2D eigenvalue weighted by Gasteiger charge is 2.30. The molecule has 1 saturated heterocycles. The molecule has 6 heteroatoms. The third-order valence-electron chi connectivity index (χ3n) is 3.28. The molecule has 18 heavy (non-hydrogen) atoms. The van der Waals surface area contributed by atoms with E-state index < -0.39 is 4.92 Å². The highest BCUT2D eigenvalue weighted by atomic mass is 16.6. The zero-order valence-corrected chi connectivity index (χ0v) is 10.3. The first-order valence-electron chi connectivity index (χ1n) is 5.74. The summed E-state index contributed by atoms with van der Waals surface area (Å²) in [7, 11) is 1.68. The smallest absolute Gasteiger partial charge is 0.285 e. The number of rotatable bonds is 3. The number of nitrogens with one attached hydrogen (secondary N) is 1. The van der Waals surface area contributed by atoms with Gasteiger partial charge < -0.3 is 10.2 Å². The standard InChI is InChI=1S/C12H15N3O3/c1-8-4-3-5-10(11(8)15(17)18)12(16)14(2)9-6-13-7-9/h3-5,9,13H,6-7H2,1-2H3. The predicted octanol–water partition coefficient (Wildman–Crippen LogP) is 0.947. The molecule has 1 heterocycles. The minimum atomic E-state index is -0.491. The Balaban J connectivity index is 2.35. The molecule has 0 aromatic heterocycles. The molecule has 1 amide bonds. The van der Waals surface area contributed by atoms with Crippen molar-refractivity contribution in [1.82, 2.24) is 10.2 Å². The van der Waals surface area contributed by atoms with E-state index in [9.17, 15) is 14.9 Å². The Labute approximate surface area is 105 Å². The first kappa shape index (κ1) is 12.5. The molecule has 0 spiro atoms. The van der Waals surface area contributed by atoms with Gasteiger partial charge in [0.15, 0.2) is 0 Å².